The fourth-order valence-corrected chi connectivity index (χ4v) is 2.55. The highest BCUT2D eigenvalue weighted by Crippen LogP contribution is 2.16. The lowest BCUT2D eigenvalue weighted by Crippen LogP contribution is -2.17. The molecule has 0 saturated carbocycles. The van der Waals surface area contributed by atoms with Gasteiger partial charge in [0.15, 0.2) is 0 Å². The lowest BCUT2D eigenvalue weighted by molar-refractivity contribution is 0.0734. The summed E-state index contributed by atoms with van der Waals surface area (Å²) in [5.74, 6) is -0.466. The highest BCUT2D eigenvalue weighted by atomic mass is 35.5. The van der Waals surface area contributed by atoms with Crippen LogP contribution in [0.25, 0.3) is 0 Å². The van der Waals surface area contributed by atoms with Crippen molar-refractivity contribution < 1.29 is 14.3 Å². The van der Waals surface area contributed by atoms with Crippen LogP contribution in [0.2, 0.25) is 10.0 Å². The van der Waals surface area contributed by atoms with Crippen LogP contribution in [0.1, 0.15) is 26.3 Å². The maximum Gasteiger partial charge on any atom is 0.343 e. The summed E-state index contributed by atoms with van der Waals surface area (Å²) in [5, 5.41) is 4.92. The number of carbonyl (C=O) groups is 2. The van der Waals surface area contributed by atoms with E-state index in [-0.39, 0.29) is 5.91 Å². The van der Waals surface area contributed by atoms with Crippen molar-refractivity contribution in [3.63, 3.8) is 0 Å². The minimum absolute atomic E-state index is 0.347. The molecule has 3 aromatic carbocycles. The molecule has 0 aliphatic rings. The summed E-state index contributed by atoms with van der Waals surface area (Å²) < 4.78 is 5.30. The molecule has 28 heavy (non-hydrogen) atoms. The Morgan fingerprint density at radius 2 is 1.57 bits per heavy atom. The number of halogens is 2. The maximum atomic E-state index is 12.1. The average molecular weight is 413 g/mol. The van der Waals surface area contributed by atoms with Gasteiger partial charge >= 0.3 is 5.97 Å². The van der Waals surface area contributed by atoms with Gasteiger partial charge in [0.2, 0.25) is 0 Å². The normalized spacial score (nSPS) is 10.6. The molecule has 0 bridgehead atoms. The largest absolute Gasteiger partial charge is 0.423 e. The van der Waals surface area contributed by atoms with Gasteiger partial charge in [-0.05, 0) is 72.3 Å². The van der Waals surface area contributed by atoms with Crippen LogP contribution in [0.3, 0.4) is 0 Å². The molecule has 3 aromatic rings. The number of nitrogens with zero attached hydrogens (tertiary/aromatic N) is 1. The number of hydrogen-bond acceptors (Lipinski definition) is 4. The van der Waals surface area contributed by atoms with Crippen molar-refractivity contribution in [3.05, 3.63) is 99.5 Å². The highest BCUT2D eigenvalue weighted by molar-refractivity contribution is 6.31. The van der Waals surface area contributed by atoms with Crippen LogP contribution in [0.5, 0.6) is 5.75 Å². The van der Waals surface area contributed by atoms with Gasteiger partial charge in [0, 0.05) is 15.6 Å². The summed E-state index contributed by atoms with van der Waals surface area (Å²) in [6, 6.07) is 19.7. The molecule has 3 rings (SSSR count). The SMILES string of the molecule is O=C(N/N=C\c1ccc(OC(=O)c2cccc(Cl)c2)cc1)c1ccc(Cl)cc1. The van der Waals surface area contributed by atoms with Crippen molar-refractivity contribution in [2.24, 2.45) is 5.10 Å². The number of nitrogens with one attached hydrogen (secondary N) is 1. The van der Waals surface area contributed by atoms with Gasteiger partial charge in [-0.25, -0.2) is 10.2 Å². The molecule has 0 fully saturated rings. The molecule has 0 radical (unpaired) electrons. The first-order valence-corrected chi connectivity index (χ1v) is 8.93. The molecule has 7 heteroatoms. The summed E-state index contributed by atoms with van der Waals surface area (Å²) in [5.41, 5.74) is 3.96. The van der Waals surface area contributed by atoms with Gasteiger partial charge in [0.25, 0.3) is 5.91 Å². The number of benzene rings is 3. The number of hydrazone groups is 1. The first-order chi connectivity index (χ1) is 13.5. The Labute approximate surface area is 171 Å². The average Bonchev–Trinajstić information content (AvgIpc) is 2.69. The zero-order chi connectivity index (χ0) is 19.9. The molecule has 0 atom stereocenters. The Balaban J connectivity index is 1.56. The van der Waals surface area contributed by atoms with Crippen molar-refractivity contribution in [2.75, 3.05) is 0 Å². The number of esters is 1. The molecule has 1 N–H and O–H groups in total. The molecule has 140 valence electrons. The fourth-order valence-electron chi connectivity index (χ4n) is 2.23. The van der Waals surface area contributed by atoms with E-state index in [2.05, 4.69) is 10.5 Å². The third-order valence-corrected chi connectivity index (χ3v) is 4.12. The minimum atomic E-state index is -0.501. The Morgan fingerprint density at radius 1 is 0.857 bits per heavy atom. The van der Waals surface area contributed by atoms with Crippen molar-refractivity contribution in [3.8, 4) is 5.75 Å². The third-order valence-electron chi connectivity index (χ3n) is 3.64. The van der Waals surface area contributed by atoms with E-state index in [1.807, 2.05) is 0 Å². The van der Waals surface area contributed by atoms with Crippen LogP contribution in [0.4, 0.5) is 0 Å². The third kappa shape index (κ3) is 5.42. The summed E-state index contributed by atoms with van der Waals surface area (Å²) in [6.07, 6.45) is 1.48. The minimum Gasteiger partial charge on any atom is -0.423 e. The Hall–Kier alpha value is -3.15. The van der Waals surface area contributed by atoms with Crippen molar-refractivity contribution in [1.82, 2.24) is 5.43 Å². The van der Waals surface area contributed by atoms with Crippen molar-refractivity contribution in [2.45, 2.75) is 0 Å². The van der Waals surface area contributed by atoms with Gasteiger partial charge < -0.3 is 4.74 Å². The zero-order valence-electron chi connectivity index (χ0n) is 14.4. The number of ether oxygens (including phenoxy) is 1. The molecule has 0 aliphatic carbocycles. The summed E-state index contributed by atoms with van der Waals surface area (Å²) >= 11 is 11.7. The Kier molecular flexibility index (Phi) is 6.42. The smallest absolute Gasteiger partial charge is 0.343 e. The van der Waals surface area contributed by atoms with E-state index in [0.717, 1.165) is 5.56 Å². The van der Waals surface area contributed by atoms with E-state index in [4.69, 9.17) is 27.9 Å². The number of amides is 1. The monoisotopic (exact) mass is 412 g/mol. The lowest BCUT2D eigenvalue weighted by atomic mass is 10.2. The topological polar surface area (TPSA) is 67.8 Å². The number of rotatable bonds is 5. The standard InChI is InChI=1S/C21H14Cl2N2O3/c22-17-8-6-15(7-9-17)20(26)25-24-13-14-4-10-19(11-5-14)28-21(27)16-2-1-3-18(23)12-16/h1-13H,(H,25,26)/b24-13-. The molecular weight excluding hydrogens is 399 g/mol. The molecule has 0 heterocycles. The first-order valence-electron chi connectivity index (χ1n) is 8.18. The van der Waals surface area contributed by atoms with Crippen LogP contribution in [0.15, 0.2) is 77.9 Å². The number of carbonyl (C=O) groups excluding carboxylic acids is 2. The van der Waals surface area contributed by atoms with E-state index in [0.29, 0.717) is 26.9 Å². The quantitative estimate of drug-likeness (QED) is 0.278. The molecule has 5 nitrogen and oxygen atoms in total. The summed E-state index contributed by atoms with van der Waals surface area (Å²) in [4.78, 5) is 24.0. The molecule has 0 aliphatic heterocycles. The highest BCUT2D eigenvalue weighted by Gasteiger charge is 2.09. The second-order valence-electron chi connectivity index (χ2n) is 5.67. The van der Waals surface area contributed by atoms with Gasteiger partial charge in [0.05, 0.1) is 11.8 Å². The van der Waals surface area contributed by atoms with Gasteiger partial charge in [-0.15, -0.1) is 0 Å². The molecule has 0 spiro atoms. The Morgan fingerprint density at radius 3 is 2.25 bits per heavy atom. The van der Waals surface area contributed by atoms with Crippen LogP contribution in [-0.4, -0.2) is 18.1 Å². The van der Waals surface area contributed by atoms with E-state index in [1.165, 1.54) is 12.3 Å². The van der Waals surface area contributed by atoms with Crippen molar-refractivity contribution in [1.29, 1.82) is 0 Å². The van der Waals surface area contributed by atoms with Gasteiger partial charge in [-0.1, -0.05) is 29.3 Å². The van der Waals surface area contributed by atoms with Gasteiger partial charge in [-0.2, -0.15) is 5.10 Å². The van der Waals surface area contributed by atoms with E-state index < -0.39 is 5.97 Å². The van der Waals surface area contributed by atoms with Gasteiger partial charge in [0.1, 0.15) is 5.75 Å². The maximum absolute atomic E-state index is 12.1. The second kappa shape index (κ2) is 9.17. The second-order valence-corrected chi connectivity index (χ2v) is 6.55. The molecule has 1 amide bonds. The first kappa shape index (κ1) is 19.6. The zero-order valence-corrected chi connectivity index (χ0v) is 15.9. The van der Waals surface area contributed by atoms with Crippen molar-refractivity contribution >= 4 is 41.3 Å². The summed E-state index contributed by atoms with van der Waals surface area (Å²) in [7, 11) is 0. The van der Waals surface area contributed by atoms with E-state index in [1.54, 1.807) is 66.7 Å². The van der Waals surface area contributed by atoms with Crippen LogP contribution in [-0.2, 0) is 0 Å². The fraction of sp³-hybridized carbons (Fsp3) is 0. The Bertz CT molecular complexity index is 1020. The van der Waals surface area contributed by atoms with Crippen LogP contribution in [0, 0.1) is 0 Å². The van der Waals surface area contributed by atoms with Gasteiger partial charge in [-0.3, -0.25) is 4.79 Å². The lowest BCUT2D eigenvalue weighted by Gasteiger charge is -2.05. The molecule has 0 aromatic heterocycles. The number of hydrogen-bond donors (Lipinski definition) is 1. The predicted octanol–water partition coefficient (Wildman–Crippen LogP) is 4.98. The molecular formula is C21H14Cl2N2O3. The molecule has 0 unspecified atom stereocenters. The van der Waals surface area contributed by atoms with E-state index >= 15 is 0 Å². The van der Waals surface area contributed by atoms with Crippen LogP contribution < -0.4 is 10.2 Å². The summed E-state index contributed by atoms with van der Waals surface area (Å²) in [6.45, 7) is 0. The van der Waals surface area contributed by atoms with Crippen LogP contribution >= 0.6 is 23.2 Å². The van der Waals surface area contributed by atoms with E-state index in [9.17, 15) is 9.59 Å². The molecule has 0 saturated heterocycles. The predicted molar refractivity (Wildman–Crippen MR) is 109 cm³/mol.